The first-order chi connectivity index (χ1) is 6.75. The molecule has 0 aliphatic rings. The van der Waals surface area contributed by atoms with Crippen LogP contribution in [0.25, 0.3) is 0 Å². The number of hydrogen-bond donors (Lipinski definition) is 1. The normalized spacial score (nSPS) is 10.1. The fourth-order valence-corrected chi connectivity index (χ4v) is 2.48. The van der Waals surface area contributed by atoms with Gasteiger partial charge in [0.05, 0.1) is 5.56 Å². The third-order valence-electron chi connectivity index (χ3n) is 1.95. The topological polar surface area (TPSA) is 29.1 Å². The molecular formula is C10H14INOS. The number of hydrogen-bond acceptors (Lipinski definition) is 2. The third kappa shape index (κ3) is 3.57. The van der Waals surface area contributed by atoms with E-state index in [2.05, 4.69) is 27.9 Å². The van der Waals surface area contributed by atoms with Gasteiger partial charge in [0.15, 0.2) is 0 Å². The molecule has 14 heavy (non-hydrogen) atoms. The molecule has 78 valence electrons. The number of unbranched alkanes of at least 4 members (excludes halogenated alkanes) is 1. The number of carbonyl (C=O) groups excluding carboxylic acids is 1. The lowest BCUT2D eigenvalue weighted by molar-refractivity contribution is 0.0953. The molecule has 0 atom stereocenters. The second-order valence-corrected chi connectivity index (χ2v) is 4.94. The van der Waals surface area contributed by atoms with Crippen molar-refractivity contribution in [1.82, 2.24) is 5.32 Å². The average Bonchev–Trinajstić information content (AvgIpc) is 2.59. The van der Waals surface area contributed by atoms with Crippen LogP contribution in [0.4, 0.5) is 0 Å². The summed E-state index contributed by atoms with van der Waals surface area (Å²) in [5, 5.41) is 6.83. The van der Waals surface area contributed by atoms with E-state index in [9.17, 15) is 4.79 Å². The zero-order chi connectivity index (χ0) is 10.4. The fourth-order valence-electron chi connectivity index (χ4n) is 1.11. The van der Waals surface area contributed by atoms with E-state index in [4.69, 9.17) is 0 Å². The SMILES string of the molecule is Cc1cscc1C(=O)NCCCCI. The molecule has 1 amide bonds. The Morgan fingerprint density at radius 3 is 2.86 bits per heavy atom. The molecule has 0 radical (unpaired) electrons. The van der Waals surface area contributed by atoms with Gasteiger partial charge in [-0.2, -0.15) is 11.3 Å². The number of halogens is 1. The summed E-state index contributed by atoms with van der Waals surface area (Å²) in [7, 11) is 0. The van der Waals surface area contributed by atoms with Gasteiger partial charge >= 0.3 is 0 Å². The van der Waals surface area contributed by atoms with Gasteiger partial charge in [-0.05, 0) is 35.1 Å². The maximum Gasteiger partial charge on any atom is 0.252 e. The Morgan fingerprint density at radius 2 is 2.29 bits per heavy atom. The molecule has 0 aromatic carbocycles. The van der Waals surface area contributed by atoms with Crippen LogP contribution < -0.4 is 5.32 Å². The molecule has 2 nitrogen and oxygen atoms in total. The van der Waals surface area contributed by atoms with E-state index in [0.29, 0.717) is 0 Å². The van der Waals surface area contributed by atoms with Crippen LogP contribution >= 0.6 is 33.9 Å². The van der Waals surface area contributed by atoms with Gasteiger partial charge in [0, 0.05) is 11.9 Å². The fraction of sp³-hybridized carbons (Fsp3) is 0.500. The monoisotopic (exact) mass is 323 g/mol. The molecule has 0 unspecified atom stereocenters. The summed E-state index contributed by atoms with van der Waals surface area (Å²) in [4.78, 5) is 11.6. The summed E-state index contributed by atoms with van der Waals surface area (Å²) in [5.41, 5.74) is 1.89. The van der Waals surface area contributed by atoms with E-state index in [1.54, 1.807) is 11.3 Å². The second-order valence-electron chi connectivity index (χ2n) is 3.12. The smallest absolute Gasteiger partial charge is 0.252 e. The van der Waals surface area contributed by atoms with Gasteiger partial charge in [0.25, 0.3) is 5.91 Å². The van der Waals surface area contributed by atoms with Crippen molar-refractivity contribution in [2.75, 3.05) is 11.0 Å². The van der Waals surface area contributed by atoms with Crippen molar-refractivity contribution in [1.29, 1.82) is 0 Å². The minimum atomic E-state index is 0.0669. The molecule has 1 aromatic rings. The zero-order valence-electron chi connectivity index (χ0n) is 8.18. The quantitative estimate of drug-likeness (QED) is 0.504. The minimum absolute atomic E-state index is 0.0669. The molecule has 0 fully saturated rings. The average molecular weight is 323 g/mol. The van der Waals surface area contributed by atoms with Crippen LogP contribution in [0.3, 0.4) is 0 Å². The van der Waals surface area contributed by atoms with Gasteiger partial charge in [-0.3, -0.25) is 4.79 Å². The molecule has 0 aliphatic carbocycles. The highest BCUT2D eigenvalue weighted by atomic mass is 127. The number of alkyl halides is 1. The summed E-state index contributed by atoms with van der Waals surface area (Å²) >= 11 is 3.93. The molecule has 0 saturated heterocycles. The molecule has 0 aliphatic heterocycles. The summed E-state index contributed by atoms with van der Waals surface area (Å²) in [6, 6.07) is 0. The number of rotatable bonds is 5. The number of amides is 1. The van der Waals surface area contributed by atoms with Crippen LogP contribution in [-0.2, 0) is 0 Å². The molecule has 1 aromatic heterocycles. The molecule has 1 N–H and O–H groups in total. The third-order valence-corrected chi connectivity index (χ3v) is 3.57. The predicted octanol–water partition coefficient (Wildman–Crippen LogP) is 3.00. The van der Waals surface area contributed by atoms with Crippen molar-refractivity contribution in [2.45, 2.75) is 19.8 Å². The lowest BCUT2D eigenvalue weighted by Crippen LogP contribution is -2.24. The van der Waals surface area contributed by atoms with E-state index in [1.165, 1.54) is 6.42 Å². The molecular weight excluding hydrogens is 309 g/mol. The van der Waals surface area contributed by atoms with Crippen LogP contribution in [0.2, 0.25) is 0 Å². The lowest BCUT2D eigenvalue weighted by atomic mass is 10.2. The van der Waals surface area contributed by atoms with E-state index in [1.807, 2.05) is 17.7 Å². The molecule has 0 saturated carbocycles. The van der Waals surface area contributed by atoms with Crippen molar-refractivity contribution in [3.8, 4) is 0 Å². The summed E-state index contributed by atoms with van der Waals surface area (Å²) in [6.07, 6.45) is 2.24. The largest absolute Gasteiger partial charge is 0.352 e. The Hall–Kier alpha value is -0.100. The number of thiophene rings is 1. The van der Waals surface area contributed by atoms with Crippen LogP contribution in [-0.4, -0.2) is 16.9 Å². The first-order valence-electron chi connectivity index (χ1n) is 4.62. The summed E-state index contributed by atoms with van der Waals surface area (Å²) in [5.74, 6) is 0.0669. The summed E-state index contributed by atoms with van der Waals surface area (Å²) < 4.78 is 1.16. The number of carbonyl (C=O) groups is 1. The maximum absolute atomic E-state index is 11.6. The Labute approximate surface area is 102 Å². The van der Waals surface area contributed by atoms with Crippen molar-refractivity contribution < 1.29 is 4.79 Å². The van der Waals surface area contributed by atoms with Crippen molar-refractivity contribution in [3.05, 3.63) is 21.9 Å². The van der Waals surface area contributed by atoms with E-state index in [-0.39, 0.29) is 5.91 Å². The Morgan fingerprint density at radius 1 is 1.50 bits per heavy atom. The maximum atomic E-state index is 11.6. The minimum Gasteiger partial charge on any atom is -0.352 e. The highest BCUT2D eigenvalue weighted by Crippen LogP contribution is 2.13. The highest BCUT2D eigenvalue weighted by molar-refractivity contribution is 14.1. The van der Waals surface area contributed by atoms with Crippen LogP contribution in [0.15, 0.2) is 10.8 Å². The molecule has 1 rings (SSSR count). The van der Waals surface area contributed by atoms with Gasteiger partial charge in [-0.1, -0.05) is 22.6 Å². The van der Waals surface area contributed by atoms with E-state index < -0.39 is 0 Å². The molecule has 1 heterocycles. The molecule has 0 spiro atoms. The first-order valence-corrected chi connectivity index (χ1v) is 7.09. The Balaban J connectivity index is 2.32. The van der Waals surface area contributed by atoms with Gasteiger partial charge in [-0.15, -0.1) is 0 Å². The molecule has 0 bridgehead atoms. The second kappa shape index (κ2) is 6.40. The molecule has 4 heteroatoms. The van der Waals surface area contributed by atoms with Crippen LogP contribution in [0.5, 0.6) is 0 Å². The highest BCUT2D eigenvalue weighted by Gasteiger charge is 2.07. The van der Waals surface area contributed by atoms with E-state index >= 15 is 0 Å². The van der Waals surface area contributed by atoms with Crippen LogP contribution in [0, 0.1) is 6.92 Å². The van der Waals surface area contributed by atoms with Gasteiger partial charge in [0.2, 0.25) is 0 Å². The Bertz CT molecular complexity index is 298. The van der Waals surface area contributed by atoms with Gasteiger partial charge in [-0.25, -0.2) is 0 Å². The van der Waals surface area contributed by atoms with E-state index in [0.717, 1.165) is 28.5 Å². The number of aryl methyl sites for hydroxylation is 1. The predicted molar refractivity (Wildman–Crippen MR) is 69.5 cm³/mol. The van der Waals surface area contributed by atoms with Crippen molar-refractivity contribution >= 4 is 39.8 Å². The first kappa shape index (κ1) is 12.0. The lowest BCUT2D eigenvalue weighted by Gasteiger charge is -2.03. The van der Waals surface area contributed by atoms with Gasteiger partial charge in [0.1, 0.15) is 0 Å². The standard InChI is InChI=1S/C10H14INOS/c1-8-6-14-7-9(8)10(13)12-5-3-2-4-11/h6-7H,2-5H2,1H3,(H,12,13). The number of nitrogens with one attached hydrogen (secondary N) is 1. The summed E-state index contributed by atoms with van der Waals surface area (Å²) in [6.45, 7) is 2.76. The van der Waals surface area contributed by atoms with Gasteiger partial charge < -0.3 is 5.32 Å². The van der Waals surface area contributed by atoms with Crippen LogP contribution in [0.1, 0.15) is 28.8 Å². The Kier molecular flexibility index (Phi) is 5.47. The zero-order valence-corrected chi connectivity index (χ0v) is 11.2. The van der Waals surface area contributed by atoms with Crippen molar-refractivity contribution in [3.63, 3.8) is 0 Å². The van der Waals surface area contributed by atoms with Crippen molar-refractivity contribution in [2.24, 2.45) is 0 Å².